The summed E-state index contributed by atoms with van der Waals surface area (Å²) in [7, 11) is 8.94. The van der Waals surface area contributed by atoms with E-state index in [4.69, 9.17) is 20.9 Å². The Labute approximate surface area is 402 Å². The maximum Gasteiger partial charge on any atom is 0.265 e. The highest BCUT2D eigenvalue weighted by atomic mass is 33.1. The van der Waals surface area contributed by atoms with Crippen LogP contribution in [0.2, 0.25) is 0 Å². The first-order valence-corrected chi connectivity index (χ1v) is 26.5. The van der Waals surface area contributed by atoms with Crippen LogP contribution >= 0.6 is 43.2 Å². The van der Waals surface area contributed by atoms with Crippen LogP contribution in [0.4, 0.5) is 0 Å². The SMILES string of the molecule is CCOc1cc2c3c(c(OCC)cc4c3c1C(=O)N([C@H](CCCNC(=O)[C@@H](N)CSSC(C)(C)C)C(=O)NC)C4=O)C(=O)N([C@H](CCCNC(=O)[C@@H](N)CSSC(C)(C)C)C(=O)NC)C2=O. The standard InChI is InChI=1S/C44H64N8O10S4/c1-11-61-29-19-23-32-31-24(40(58)51(41(59)33(29)31)27(37(55)47-9)15-13-17-49-35(53)25(45)21-63-65-43(3,4)5)20-30(62-12-2)34(32)42(60)52(39(23)57)28(38(56)48-10)16-14-18-50-36(54)26(46)22-64-66-44(6,7)8/h19-20,25-28H,11-18,21-22,45-46H2,1-10H3,(H,47,55)(H,48,56)(H,49,53)(H,50,54)/t25-,26-,27+,28+/m0/s1. The molecule has 2 aromatic carbocycles. The maximum absolute atomic E-state index is 14.8. The zero-order valence-corrected chi connectivity index (χ0v) is 42.6. The first-order chi connectivity index (χ1) is 31.0. The third-order valence-electron chi connectivity index (χ3n) is 10.1. The molecule has 0 unspecified atom stereocenters. The highest BCUT2D eigenvalue weighted by Crippen LogP contribution is 2.47. The van der Waals surface area contributed by atoms with Gasteiger partial charge in [0.25, 0.3) is 23.6 Å². The first kappa shape index (κ1) is 54.4. The largest absolute Gasteiger partial charge is 0.493 e. The van der Waals surface area contributed by atoms with Crippen LogP contribution in [0.25, 0.3) is 10.8 Å². The highest BCUT2D eigenvalue weighted by Gasteiger charge is 2.48. The van der Waals surface area contributed by atoms with E-state index in [1.54, 1.807) is 35.4 Å². The van der Waals surface area contributed by atoms with E-state index in [1.807, 2.05) is 0 Å². The molecule has 2 aliphatic rings. The molecule has 0 aliphatic carbocycles. The summed E-state index contributed by atoms with van der Waals surface area (Å²) in [4.78, 5) is 113. The van der Waals surface area contributed by atoms with E-state index in [0.717, 1.165) is 9.80 Å². The molecule has 22 heteroatoms. The number of rotatable bonds is 24. The van der Waals surface area contributed by atoms with Crippen LogP contribution in [0.15, 0.2) is 12.1 Å². The van der Waals surface area contributed by atoms with Gasteiger partial charge in [-0.05, 0) is 51.7 Å². The molecule has 66 heavy (non-hydrogen) atoms. The number of hydrogen-bond acceptors (Lipinski definition) is 16. The quantitative estimate of drug-likeness (QED) is 0.0496. The van der Waals surface area contributed by atoms with E-state index in [-0.39, 0.29) is 118 Å². The van der Waals surface area contributed by atoms with Crippen LogP contribution in [0, 0.1) is 0 Å². The summed E-state index contributed by atoms with van der Waals surface area (Å²) in [6.45, 7) is 15.9. The van der Waals surface area contributed by atoms with E-state index in [9.17, 15) is 38.4 Å². The van der Waals surface area contributed by atoms with Crippen molar-refractivity contribution >= 4 is 101 Å². The van der Waals surface area contributed by atoms with Gasteiger partial charge in [0.1, 0.15) is 23.6 Å². The summed E-state index contributed by atoms with van der Waals surface area (Å²) in [5.74, 6) is -5.04. The van der Waals surface area contributed by atoms with Gasteiger partial charge in [-0.3, -0.25) is 48.2 Å². The van der Waals surface area contributed by atoms with Crippen LogP contribution in [0.3, 0.4) is 0 Å². The summed E-state index contributed by atoms with van der Waals surface area (Å²) in [6.07, 6.45) is 0.275. The lowest BCUT2D eigenvalue weighted by atomic mass is 9.83. The van der Waals surface area contributed by atoms with Gasteiger partial charge in [-0.2, -0.15) is 0 Å². The number of carbonyl (C=O) groups excluding carboxylic acids is 8. The van der Waals surface area contributed by atoms with Gasteiger partial charge in [0.2, 0.25) is 23.6 Å². The summed E-state index contributed by atoms with van der Waals surface area (Å²) in [5.41, 5.74) is 11.7. The van der Waals surface area contributed by atoms with Crippen molar-refractivity contribution in [3.63, 3.8) is 0 Å². The molecule has 2 heterocycles. The molecule has 364 valence electrons. The molecular weight excluding hydrogens is 929 g/mol. The van der Waals surface area contributed by atoms with Gasteiger partial charge in [-0.1, -0.05) is 84.7 Å². The predicted molar refractivity (Wildman–Crippen MR) is 263 cm³/mol. The summed E-state index contributed by atoms with van der Waals surface area (Å²) in [6, 6.07) is -1.64. The Hall–Kier alpha value is -4.22. The maximum atomic E-state index is 14.8. The molecule has 8 N–H and O–H groups in total. The molecule has 0 saturated carbocycles. The number of hydrogen-bond donors (Lipinski definition) is 6. The average molecular weight is 993 g/mol. The highest BCUT2D eigenvalue weighted by molar-refractivity contribution is 8.77. The van der Waals surface area contributed by atoms with Crippen LogP contribution in [-0.2, 0) is 19.2 Å². The number of nitrogens with zero attached hydrogens (tertiary/aromatic N) is 2. The van der Waals surface area contributed by atoms with Crippen molar-refractivity contribution in [1.82, 2.24) is 31.1 Å². The van der Waals surface area contributed by atoms with Crippen molar-refractivity contribution in [3.05, 3.63) is 34.4 Å². The molecule has 4 atom stereocenters. The molecule has 18 nitrogen and oxygen atoms in total. The topological polar surface area (TPSA) is 262 Å². The molecule has 0 aromatic heterocycles. The molecule has 4 rings (SSSR count). The fourth-order valence-electron chi connectivity index (χ4n) is 7.22. The molecule has 2 aliphatic heterocycles. The molecule has 0 bridgehead atoms. The van der Waals surface area contributed by atoms with Gasteiger partial charge in [-0.15, -0.1) is 0 Å². The van der Waals surface area contributed by atoms with Gasteiger partial charge >= 0.3 is 0 Å². The molecular formula is C44H64N8O10S4. The third kappa shape index (κ3) is 13.1. The van der Waals surface area contributed by atoms with Crippen LogP contribution < -0.4 is 42.2 Å². The molecule has 0 spiro atoms. The zero-order valence-electron chi connectivity index (χ0n) is 39.3. The average Bonchev–Trinajstić information content (AvgIpc) is 3.24. The van der Waals surface area contributed by atoms with Crippen molar-refractivity contribution < 1.29 is 47.8 Å². The fourth-order valence-corrected chi connectivity index (χ4v) is 12.1. The minimum absolute atomic E-state index is 0.0175. The van der Waals surface area contributed by atoms with Crippen molar-refractivity contribution in [2.75, 3.05) is 51.9 Å². The Morgan fingerprint density at radius 3 is 1.26 bits per heavy atom. The number of amides is 8. The number of ether oxygens (including phenoxy) is 2. The lowest BCUT2D eigenvalue weighted by molar-refractivity contribution is -0.125. The predicted octanol–water partition coefficient (Wildman–Crippen LogP) is 3.87. The molecule has 0 radical (unpaired) electrons. The lowest BCUT2D eigenvalue weighted by Crippen LogP contribution is -2.55. The van der Waals surface area contributed by atoms with Crippen molar-refractivity contribution in [2.45, 2.75) is 115 Å². The third-order valence-corrected chi connectivity index (χ3v) is 16.9. The Kier molecular flexibility index (Phi) is 19.5. The van der Waals surface area contributed by atoms with Crippen molar-refractivity contribution in [3.8, 4) is 11.5 Å². The molecule has 8 amide bonds. The van der Waals surface area contributed by atoms with Crippen LogP contribution in [0.1, 0.15) is 123 Å². The van der Waals surface area contributed by atoms with E-state index in [0.29, 0.717) is 11.5 Å². The second-order valence-electron chi connectivity index (χ2n) is 17.5. The Balaban J connectivity index is 1.67. The second-order valence-corrected chi connectivity index (χ2v) is 23.8. The fraction of sp³-hybridized carbons (Fsp3) is 0.591. The smallest absolute Gasteiger partial charge is 0.265 e. The molecule has 0 fully saturated rings. The number of nitrogens with one attached hydrogen (secondary N) is 4. The molecule has 2 aromatic rings. The number of likely N-dealkylation sites (N-methyl/N-ethyl adjacent to an activating group) is 2. The Bertz CT molecular complexity index is 2050. The van der Waals surface area contributed by atoms with Gasteiger partial charge in [0.05, 0.1) is 47.6 Å². The minimum Gasteiger partial charge on any atom is -0.493 e. The van der Waals surface area contributed by atoms with Crippen molar-refractivity contribution in [1.29, 1.82) is 0 Å². The van der Waals surface area contributed by atoms with Crippen LogP contribution in [-0.4, -0.2) is 143 Å². The molecule has 0 saturated heterocycles. The summed E-state index contributed by atoms with van der Waals surface area (Å²) in [5, 5.41) is 10.6. The van der Waals surface area contributed by atoms with Crippen LogP contribution in [0.5, 0.6) is 11.5 Å². The number of benzene rings is 2. The monoisotopic (exact) mass is 992 g/mol. The number of carbonyl (C=O) groups is 8. The van der Waals surface area contributed by atoms with E-state index in [1.165, 1.54) is 47.8 Å². The Morgan fingerprint density at radius 1 is 0.606 bits per heavy atom. The second kappa shape index (κ2) is 23.7. The normalized spacial score (nSPS) is 15.6. The van der Waals surface area contributed by atoms with Crippen molar-refractivity contribution in [2.24, 2.45) is 11.5 Å². The Morgan fingerprint density at radius 2 is 0.955 bits per heavy atom. The van der Waals surface area contributed by atoms with Gasteiger partial charge in [0.15, 0.2) is 0 Å². The van der Waals surface area contributed by atoms with E-state index >= 15 is 0 Å². The first-order valence-electron chi connectivity index (χ1n) is 21.8. The number of imide groups is 2. The van der Waals surface area contributed by atoms with E-state index < -0.39 is 59.6 Å². The minimum atomic E-state index is -1.35. The number of nitrogens with two attached hydrogens (primary N) is 2. The lowest BCUT2D eigenvalue weighted by Gasteiger charge is -2.37. The van der Waals surface area contributed by atoms with E-state index in [2.05, 4.69) is 62.8 Å². The van der Waals surface area contributed by atoms with Gasteiger partial charge in [-0.25, -0.2) is 0 Å². The summed E-state index contributed by atoms with van der Waals surface area (Å²) < 4.78 is 11.9. The van der Waals surface area contributed by atoms with Gasteiger partial charge < -0.3 is 42.2 Å². The zero-order chi connectivity index (χ0) is 49.3. The summed E-state index contributed by atoms with van der Waals surface area (Å²) >= 11 is 0. The van der Waals surface area contributed by atoms with Gasteiger partial charge in [0, 0.05) is 59.0 Å².